The summed E-state index contributed by atoms with van der Waals surface area (Å²) in [5.41, 5.74) is 1.25. The van der Waals surface area contributed by atoms with Crippen LogP contribution in [0.15, 0.2) is 59.0 Å². The monoisotopic (exact) mass is 325 g/mol. The number of anilines is 1. The highest BCUT2D eigenvalue weighted by Crippen LogP contribution is 2.21. The molecular weight excluding hydrogens is 310 g/mol. The molecule has 0 spiro atoms. The molecule has 24 heavy (non-hydrogen) atoms. The van der Waals surface area contributed by atoms with E-state index >= 15 is 0 Å². The summed E-state index contributed by atoms with van der Waals surface area (Å²) in [6, 6.07) is 15.8. The van der Waals surface area contributed by atoms with E-state index in [9.17, 15) is 9.59 Å². The number of nitrogens with one attached hydrogen (secondary N) is 1. The van der Waals surface area contributed by atoms with Crippen LogP contribution in [0.25, 0.3) is 11.0 Å². The molecule has 0 radical (unpaired) electrons. The number of esters is 1. The van der Waals surface area contributed by atoms with Crippen molar-refractivity contribution in [2.75, 3.05) is 19.0 Å². The number of carbonyl (C=O) groups excluding carboxylic acids is 2. The van der Waals surface area contributed by atoms with Crippen molar-refractivity contribution in [2.24, 2.45) is 0 Å². The minimum Gasteiger partial charge on any atom is -0.482 e. The zero-order valence-electron chi connectivity index (χ0n) is 12.9. The third-order valence-corrected chi connectivity index (χ3v) is 3.35. The molecule has 3 aromatic rings. The molecule has 2 aromatic carbocycles. The smallest absolute Gasteiger partial charge is 0.343 e. The first-order valence-corrected chi connectivity index (χ1v) is 7.25. The number of para-hydroxylation sites is 1. The van der Waals surface area contributed by atoms with Crippen molar-refractivity contribution in [3.63, 3.8) is 0 Å². The van der Waals surface area contributed by atoms with Crippen LogP contribution in [0, 0.1) is 0 Å². The van der Waals surface area contributed by atoms with Gasteiger partial charge in [-0.3, -0.25) is 4.79 Å². The second kappa shape index (κ2) is 6.87. The molecule has 1 aromatic heterocycles. The van der Waals surface area contributed by atoms with Crippen LogP contribution < -0.4 is 10.1 Å². The van der Waals surface area contributed by atoms with Crippen molar-refractivity contribution in [2.45, 2.75) is 0 Å². The van der Waals surface area contributed by atoms with E-state index in [4.69, 9.17) is 9.15 Å². The standard InChI is InChI=1S/C18H15NO5/c1-22-17(20)11-23-14-8-6-13(7-9-14)19-18(21)16-10-12-4-2-3-5-15(12)24-16/h2-10H,11H2,1H3,(H,19,21). The Morgan fingerprint density at radius 1 is 1.08 bits per heavy atom. The molecule has 0 aliphatic rings. The first kappa shape index (κ1) is 15.6. The summed E-state index contributed by atoms with van der Waals surface area (Å²) in [5, 5.41) is 3.61. The number of rotatable bonds is 5. The molecule has 1 N–H and O–H groups in total. The van der Waals surface area contributed by atoms with E-state index in [-0.39, 0.29) is 18.3 Å². The van der Waals surface area contributed by atoms with Crippen molar-refractivity contribution >= 4 is 28.5 Å². The van der Waals surface area contributed by atoms with Gasteiger partial charge in [0.1, 0.15) is 11.3 Å². The molecule has 0 unspecified atom stereocenters. The highest BCUT2D eigenvalue weighted by atomic mass is 16.6. The predicted molar refractivity (Wildman–Crippen MR) is 88.1 cm³/mol. The fourth-order valence-corrected chi connectivity index (χ4v) is 2.12. The minimum absolute atomic E-state index is 0.165. The first-order chi connectivity index (χ1) is 11.7. The molecule has 0 atom stereocenters. The van der Waals surface area contributed by atoms with Crippen LogP contribution in [0.1, 0.15) is 10.6 Å². The largest absolute Gasteiger partial charge is 0.482 e. The van der Waals surface area contributed by atoms with Crippen LogP contribution in [-0.4, -0.2) is 25.6 Å². The minimum atomic E-state index is -0.461. The Kier molecular flexibility index (Phi) is 4.47. The summed E-state index contributed by atoms with van der Waals surface area (Å²) in [6.45, 7) is -0.165. The van der Waals surface area contributed by atoms with Gasteiger partial charge >= 0.3 is 5.97 Å². The van der Waals surface area contributed by atoms with Crippen molar-refractivity contribution in [3.8, 4) is 5.75 Å². The van der Waals surface area contributed by atoms with E-state index in [1.807, 2.05) is 18.2 Å². The number of hydrogen-bond donors (Lipinski definition) is 1. The molecule has 6 heteroatoms. The summed E-state index contributed by atoms with van der Waals surface area (Å²) in [5.74, 6) is -0.0592. The molecule has 0 fully saturated rings. The SMILES string of the molecule is COC(=O)COc1ccc(NC(=O)c2cc3ccccc3o2)cc1. The zero-order valence-corrected chi connectivity index (χ0v) is 12.9. The average Bonchev–Trinajstić information content (AvgIpc) is 3.05. The van der Waals surface area contributed by atoms with Gasteiger partial charge in [0.15, 0.2) is 12.4 Å². The van der Waals surface area contributed by atoms with Gasteiger partial charge in [0.2, 0.25) is 0 Å². The van der Waals surface area contributed by atoms with Gasteiger partial charge in [-0.05, 0) is 36.4 Å². The normalized spacial score (nSPS) is 10.4. The Bertz CT molecular complexity index is 834. The van der Waals surface area contributed by atoms with Gasteiger partial charge in [0.25, 0.3) is 5.91 Å². The molecule has 1 heterocycles. The lowest BCUT2D eigenvalue weighted by molar-refractivity contribution is -0.142. The Morgan fingerprint density at radius 2 is 1.83 bits per heavy atom. The van der Waals surface area contributed by atoms with E-state index < -0.39 is 5.97 Å². The number of carbonyl (C=O) groups is 2. The lowest BCUT2D eigenvalue weighted by atomic mass is 10.2. The Hall–Kier alpha value is -3.28. The highest BCUT2D eigenvalue weighted by Gasteiger charge is 2.12. The number of fused-ring (bicyclic) bond motifs is 1. The number of ether oxygens (including phenoxy) is 2. The first-order valence-electron chi connectivity index (χ1n) is 7.25. The van der Waals surface area contributed by atoms with Gasteiger partial charge < -0.3 is 19.2 Å². The van der Waals surface area contributed by atoms with Crippen LogP contribution in [0.4, 0.5) is 5.69 Å². The molecule has 1 amide bonds. The topological polar surface area (TPSA) is 77.8 Å². The van der Waals surface area contributed by atoms with Gasteiger partial charge in [-0.2, -0.15) is 0 Å². The Labute approximate surface area is 138 Å². The van der Waals surface area contributed by atoms with Crippen molar-refractivity contribution in [1.29, 1.82) is 0 Å². The third kappa shape index (κ3) is 3.55. The van der Waals surface area contributed by atoms with E-state index in [1.165, 1.54) is 7.11 Å². The summed E-state index contributed by atoms with van der Waals surface area (Å²) in [4.78, 5) is 23.2. The Morgan fingerprint density at radius 3 is 2.54 bits per heavy atom. The van der Waals surface area contributed by atoms with Crippen molar-refractivity contribution in [3.05, 3.63) is 60.4 Å². The van der Waals surface area contributed by atoms with Gasteiger partial charge in [-0.25, -0.2) is 4.79 Å². The van der Waals surface area contributed by atoms with E-state index in [2.05, 4.69) is 10.1 Å². The maximum Gasteiger partial charge on any atom is 0.343 e. The van der Waals surface area contributed by atoms with Crippen LogP contribution in [0.5, 0.6) is 5.75 Å². The third-order valence-electron chi connectivity index (χ3n) is 3.35. The van der Waals surface area contributed by atoms with Crippen LogP contribution in [0.2, 0.25) is 0 Å². The maximum absolute atomic E-state index is 12.2. The fraction of sp³-hybridized carbons (Fsp3) is 0.111. The summed E-state index contributed by atoms with van der Waals surface area (Å²) < 4.78 is 15.2. The van der Waals surface area contributed by atoms with E-state index in [1.54, 1.807) is 36.4 Å². The average molecular weight is 325 g/mol. The number of hydrogen-bond acceptors (Lipinski definition) is 5. The Balaban J connectivity index is 1.64. The van der Waals surface area contributed by atoms with Crippen molar-refractivity contribution in [1.82, 2.24) is 0 Å². The lowest BCUT2D eigenvalue weighted by Crippen LogP contribution is -2.13. The van der Waals surface area contributed by atoms with Crippen molar-refractivity contribution < 1.29 is 23.5 Å². The molecular formula is C18H15NO5. The number of furan rings is 1. The van der Waals surface area contributed by atoms with Gasteiger partial charge in [0, 0.05) is 11.1 Å². The van der Waals surface area contributed by atoms with Crippen LogP contribution in [0.3, 0.4) is 0 Å². The van der Waals surface area contributed by atoms with Crippen LogP contribution in [-0.2, 0) is 9.53 Å². The second-order valence-corrected chi connectivity index (χ2v) is 4.99. The molecule has 0 aliphatic heterocycles. The summed E-state index contributed by atoms with van der Waals surface area (Å²) in [7, 11) is 1.29. The van der Waals surface area contributed by atoms with Crippen LogP contribution >= 0.6 is 0 Å². The molecule has 0 bridgehead atoms. The molecule has 0 aliphatic carbocycles. The molecule has 0 saturated heterocycles. The summed E-state index contributed by atoms with van der Waals surface area (Å²) in [6.07, 6.45) is 0. The zero-order chi connectivity index (χ0) is 16.9. The number of methoxy groups -OCH3 is 1. The molecule has 0 saturated carbocycles. The quantitative estimate of drug-likeness (QED) is 0.729. The van der Waals surface area contributed by atoms with Gasteiger partial charge in [-0.15, -0.1) is 0 Å². The molecule has 122 valence electrons. The van der Waals surface area contributed by atoms with Gasteiger partial charge in [-0.1, -0.05) is 18.2 Å². The lowest BCUT2D eigenvalue weighted by Gasteiger charge is -2.06. The predicted octanol–water partition coefficient (Wildman–Crippen LogP) is 3.24. The maximum atomic E-state index is 12.2. The van der Waals surface area contributed by atoms with Gasteiger partial charge in [0.05, 0.1) is 7.11 Å². The van der Waals surface area contributed by atoms with E-state index in [0.717, 1.165) is 5.39 Å². The fourth-order valence-electron chi connectivity index (χ4n) is 2.12. The molecule has 6 nitrogen and oxygen atoms in total. The molecule has 3 rings (SSSR count). The summed E-state index contributed by atoms with van der Waals surface area (Å²) >= 11 is 0. The number of amides is 1. The van der Waals surface area contributed by atoms with E-state index in [0.29, 0.717) is 17.0 Å². The number of benzene rings is 2. The second-order valence-electron chi connectivity index (χ2n) is 4.99. The highest BCUT2D eigenvalue weighted by molar-refractivity contribution is 6.04.